The Bertz CT molecular complexity index is 1170. The molecule has 0 saturated carbocycles. The Hall–Kier alpha value is -3.47. The zero-order valence-electron chi connectivity index (χ0n) is 15.4. The highest BCUT2D eigenvalue weighted by molar-refractivity contribution is 6.11. The molecule has 0 aliphatic carbocycles. The van der Waals surface area contributed by atoms with Crippen molar-refractivity contribution in [2.24, 2.45) is 10.3 Å². The minimum atomic E-state index is 0.141. The quantitative estimate of drug-likeness (QED) is 0.228. The number of para-hydroxylation sites is 1. The predicted octanol–water partition coefficient (Wildman–Crippen LogP) is 5.06. The third-order valence-corrected chi connectivity index (χ3v) is 4.72. The van der Waals surface area contributed by atoms with Crippen molar-refractivity contribution < 1.29 is 0 Å². The van der Waals surface area contributed by atoms with Crippen LogP contribution in [0, 0.1) is 12.3 Å². The second-order valence-electron chi connectivity index (χ2n) is 6.60. The normalized spacial score (nSPS) is 11.5. The third kappa shape index (κ3) is 3.19. The number of hydrogen-bond donors (Lipinski definition) is 2. The SMILES string of the molecule is CN/N=N\C(=N)c1ccc2c(c1)c1ccccc1n2Cc1cccc(C)c1. The Labute approximate surface area is 157 Å². The summed E-state index contributed by atoms with van der Waals surface area (Å²) in [6.45, 7) is 2.93. The average Bonchev–Trinajstić information content (AvgIpc) is 2.99. The summed E-state index contributed by atoms with van der Waals surface area (Å²) in [4.78, 5) is 0. The van der Waals surface area contributed by atoms with Crippen molar-refractivity contribution in [3.05, 3.63) is 83.4 Å². The zero-order chi connectivity index (χ0) is 18.8. The molecule has 3 aromatic carbocycles. The number of amidine groups is 1. The van der Waals surface area contributed by atoms with Gasteiger partial charge in [0.15, 0.2) is 5.84 Å². The van der Waals surface area contributed by atoms with E-state index in [0.29, 0.717) is 0 Å². The lowest BCUT2D eigenvalue weighted by atomic mass is 10.1. The summed E-state index contributed by atoms with van der Waals surface area (Å²) >= 11 is 0. The minimum absolute atomic E-state index is 0.141. The second kappa shape index (κ2) is 7.03. The van der Waals surface area contributed by atoms with E-state index in [0.717, 1.165) is 23.0 Å². The monoisotopic (exact) mass is 355 g/mol. The van der Waals surface area contributed by atoms with Crippen molar-refractivity contribution in [2.45, 2.75) is 13.5 Å². The Morgan fingerprint density at radius 3 is 2.59 bits per heavy atom. The van der Waals surface area contributed by atoms with Crippen LogP contribution in [0.2, 0.25) is 0 Å². The van der Waals surface area contributed by atoms with Crippen molar-refractivity contribution in [2.75, 3.05) is 7.05 Å². The van der Waals surface area contributed by atoms with E-state index < -0.39 is 0 Å². The summed E-state index contributed by atoms with van der Waals surface area (Å²) in [5.74, 6) is 0.141. The Morgan fingerprint density at radius 2 is 1.78 bits per heavy atom. The molecule has 0 aliphatic rings. The van der Waals surface area contributed by atoms with Crippen LogP contribution < -0.4 is 5.43 Å². The molecule has 0 amide bonds. The van der Waals surface area contributed by atoms with Gasteiger partial charge in [0.2, 0.25) is 0 Å². The lowest BCUT2D eigenvalue weighted by Crippen LogP contribution is -2.00. The van der Waals surface area contributed by atoms with Crippen LogP contribution in [-0.2, 0) is 6.54 Å². The van der Waals surface area contributed by atoms with E-state index in [2.05, 4.69) is 81.9 Å². The Morgan fingerprint density at radius 1 is 0.963 bits per heavy atom. The van der Waals surface area contributed by atoms with Gasteiger partial charge in [-0.15, -0.1) is 5.11 Å². The molecule has 2 N–H and O–H groups in total. The number of hydrogen-bond acceptors (Lipinski definition) is 2. The molecule has 0 aliphatic heterocycles. The summed E-state index contributed by atoms with van der Waals surface area (Å²) in [6, 6.07) is 23.0. The molecule has 1 aromatic heterocycles. The maximum Gasteiger partial charge on any atom is 0.176 e. The molecular weight excluding hydrogens is 334 g/mol. The van der Waals surface area contributed by atoms with E-state index in [1.165, 1.54) is 22.0 Å². The molecular formula is C22H21N5. The highest BCUT2D eigenvalue weighted by Gasteiger charge is 2.12. The van der Waals surface area contributed by atoms with E-state index in [1.54, 1.807) is 7.05 Å². The van der Waals surface area contributed by atoms with E-state index in [-0.39, 0.29) is 5.84 Å². The van der Waals surface area contributed by atoms with Gasteiger partial charge in [-0.05, 0) is 36.8 Å². The fraction of sp³-hybridized carbons (Fsp3) is 0.136. The Balaban J connectivity index is 1.88. The Kier molecular flexibility index (Phi) is 4.42. The number of nitrogens with zero attached hydrogens (tertiary/aromatic N) is 3. The molecule has 0 spiro atoms. The van der Waals surface area contributed by atoms with Crippen LogP contribution in [0.3, 0.4) is 0 Å². The molecule has 0 unspecified atom stereocenters. The lowest BCUT2D eigenvalue weighted by Gasteiger charge is -2.09. The maximum atomic E-state index is 8.12. The van der Waals surface area contributed by atoms with Crippen LogP contribution >= 0.6 is 0 Å². The topological polar surface area (TPSA) is 65.5 Å². The predicted molar refractivity (Wildman–Crippen MR) is 110 cm³/mol. The molecule has 134 valence electrons. The number of benzene rings is 3. The minimum Gasteiger partial charge on any atom is -0.336 e. The fourth-order valence-electron chi connectivity index (χ4n) is 3.52. The molecule has 4 rings (SSSR count). The summed E-state index contributed by atoms with van der Waals surface area (Å²) in [5, 5.41) is 18.0. The number of aryl methyl sites for hydroxylation is 1. The zero-order valence-corrected chi connectivity index (χ0v) is 15.4. The van der Waals surface area contributed by atoms with Gasteiger partial charge in [0.1, 0.15) is 0 Å². The van der Waals surface area contributed by atoms with Gasteiger partial charge in [-0.2, -0.15) is 0 Å². The first-order valence-corrected chi connectivity index (χ1v) is 8.90. The highest BCUT2D eigenvalue weighted by atomic mass is 15.4. The summed E-state index contributed by atoms with van der Waals surface area (Å²) in [7, 11) is 1.67. The molecule has 0 radical (unpaired) electrons. The molecule has 0 bridgehead atoms. The van der Waals surface area contributed by atoms with Gasteiger partial charge < -0.3 is 4.57 Å². The number of rotatable bonds is 4. The summed E-state index contributed by atoms with van der Waals surface area (Å²) < 4.78 is 2.34. The van der Waals surface area contributed by atoms with E-state index in [9.17, 15) is 0 Å². The molecule has 0 saturated heterocycles. The standard InChI is InChI=1S/C22H21N5/c1-15-6-5-7-16(12-15)14-27-20-9-4-3-8-18(20)19-13-17(10-11-21(19)27)22(23)25-26-24-2/h3-13H,14H2,1-2H3,(H2,23,24,25). The van der Waals surface area contributed by atoms with Crippen LogP contribution in [0.1, 0.15) is 16.7 Å². The van der Waals surface area contributed by atoms with Crippen LogP contribution in [0.15, 0.2) is 77.1 Å². The first-order chi connectivity index (χ1) is 13.2. The fourth-order valence-corrected chi connectivity index (χ4v) is 3.52. The van der Waals surface area contributed by atoms with Gasteiger partial charge in [0.05, 0.1) is 0 Å². The van der Waals surface area contributed by atoms with Crippen molar-refractivity contribution in [1.82, 2.24) is 9.99 Å². The average molecular weight is 355 g/mol. The van der Waals surface area contributed by atoms with Crippen molar-refractivity contribution in [3.8, 4) is 0 Å². The number of nitrogens with one attached hydrogen (secondary N) is 2. The van der Waals surface area contributed by atoms with Gasteiger partial charge in [-0.1, -0.05) is 53.3 Å². The number of aromatic nitrogens is 1. The second-order valence-corrected chi connectivity index (χ2v) is 6.60. The van der Waals surface area contributed by atoms with E-state index in [4.69, 9.17) is 5.41 Å². The van der Waals surface area contributed by atoms with Gasteiger partial charge in [-0.25, -0.2) is 0 Å². The molecule has 5 heteroatoms. The molecule has 0 fully saturated rings. The smallest absolute Gasteiger partial charge is 0.176 e. The molecule has 1 heterocycles. The van der Waals surface area contributed by atoms with Gasteiger partial charge >= 0.3 is 0 Å². The maximum absolute atomic E-state index is 8.12. The first-order valence-electron chi connectivity index (χ1n) is 8.90. The van der Waals surface area contributed by atoms with Crippen LogP contribution in [0.5, 0.6) is 0 Å². The van der Waals surface area contributed by atoms with Crippen molar-refractivity contribution >= 4 is 27.6 Å². The molecule has 5 nitrogen and oxygen atoms in total. The summed E-state index contributed by atoms with van der Waals surface area (Å²) in [5.41, 5.74) is 8.21. The van der Waals surface area contributed by atoms with E-state index >= 15 is 0 Å². The largest absolute Gasteiger partial charge is 0.336 e. The van der Waals surface area contributed by atoms with Gasteiger partial charge in [0, 0.05) is 41.0 Å². The van der Waals surface area contributed by atoms with Gasteiger partial charge in [-0.3, -0.25) is 10.8 Å². The highest BCUT2D eigenvalue weighted by Crippen LogP contribution is 2.30. The third-order valence-electron chi connectivity index (χ3n) is 4.72. The van der Waals surface area contributed by atoms with Crippen LogP contribution in [0.25, 0.3) is 21.8 Å². The first kappa shape index (κ1) is 17.0. The summed E-state index contributed by atoms with van der Waals surface area (Å²) in [6.07, 6.45) is 0. The molecule has 0 atom stereocenters. The van der Waals surface area contributed by atoms with Crippen molar-refractivity contribution in [3.63, 3.8) is 0 Å². The van der Waals surface area contributed by atoms with Crippen LogP contribution in [0.4, 0.5) is 0 Å². The number of fused-ring (bicyclic) bond motifs is 3. The van der Waals surface area contributed by atoms with Crippen molar-refractivity contribution in [1.29, 1.82) is 5.41 Å². The molecule has 4 aromatic rings. The lowest BCUT2D eigenvalue weighted by molar-refractivity contribution is 0.828. The van der Waals surface area contributed by atoms with E-state index in [1.807, 2.05) is 12.1 Å². The molecule has 27 heavy (non-hydrogen) atoms. The van der Waals surface area contributed by atoms with Gasteiger partial charge in [0.25, 0.3) is 0 Å². The van der Waals surface area contributed by atoms with Crippen LogP contribution in [-0.4, -0.2) is 17.5 Å².